The van der Waals surface area contributed by atoms with E-state index in [1.807, 2.05) is 12.1 Å². The lowest BCUT2D eigenvalue weighted by atomic mass is 10.1. The van der Waals surface area contributed by atoms with Gasteiger partial charge in [0.25, 0.3) is 0 Å². The second kappa shape index (κ2) is 6.35. The van der Waals surface area contributed by atoms with Gasteiger partial charge >= 0.3 is 0 Å². The molecule has 2 nitrogen and oxygen atoms in total. The Kier molecular flexibility index (Phi) is 4.77. The van der Waals surface area contributed by atoms with Crippen LogP contribution in [-0.2, 0) is 0 Å². The van der Waals surface area contributed by atoms with Crippen LogP contribution < -0.4 is 5.32 Å². The first-order valence-electron chi connectivity index (χ1n) is 6.44. The molecule has 1 aromatic heterocycles. The first kappa shape index (κ1) is 14.3. The van der Waals surface area contributed by atoms with E-state index in [-0.39, 0.29) is 11.9 Å². The molecule has 102 valence electrons. The van der Waals surface area contributed by atoms with Crippen molar-refractivity contribution < 1.29 is 8.81 Å². The Balaban J connectivity index is 2.32. The monoisotopic (exact) mass is 325 g/mol. The highest BCUT2D eigenvalue weighted by Gasteiger charge is 2.15. The highest BCUT2D eigenvalue weighted by Crippen LogP contribution is 2.32. The summed E-state index contributed by atoms with van der Waals surface area (Å²) in [6.07, 6.45) is 0.950. The number of nitrogens with one attached hydrogen (secondary N) is 1. The maximum absolute atomic E-state index is 13.3. The van der Waals surface area contributed by atoms with E-state index >= 15 is 0 Å². The van der Waals surface area contributed by atoms with Crippen LogP contribution >= 0.6 is 15.9 Å². The molecular formula is C15H17BrFNO. The fourth-order valence-corrected chi connectivity index (χ4v) is 2.51. The largest absolute Gasteiger partial charge is 0.459 e. The average Bonchev–Trinajstić information content (AvgIpc) is 2.88. The predicted octanol–water partition coefficient (Wildman–Crippen LogP) is 4.91. The van der Waals surface area contributed by atoms with E-state index in [0.717, 1.165) is 28.8 Å². The molecule has 0 radical (unpaired) electrons. The zero-order valence-electron chi connectivity index (χ0n) is 11.0. The lowest BCUT2D eigenvalue weighted by Crippen LogP contribution is -2.19. The standard InChI is InChI=1S/C15H17BrFNO/c1-3-13(18-4-2)15-8-7-14(19-15)11-9-10(17)5-6-12(11)16/h5-9,13,18H,3-4H2,1-2H3. The summed E-state index contributed by atoms with van der Waals surface area (Å²) in [5.41, 5.74) is 0.734. The first-order valence-corrected chi connectivity index (χ1v) is 7.23. The van der Waals surface area contributed by atoms with Crippen molar-refractivity contribution in [2.75, 3.05) is 6.54 Å². The highest BCUT2D eigenvalue weighted by molar-refractivity contribution is 9.10. The summed E-state index contributed by atoms with van der Waals surface area (Å²) in [4.78, 5) is 0. The van der Waals surface area contributed by atoms with Gasteiger partial charge in [0.05, 0.1) is 6.04 Å². The summed E-state index contributed by atoms with van der Waals surface area (Å²) in [5, 5.41) is 3.36. The van der Waals surface area contributed by atoms with Crippen LogP contribution in [-0.4, -0.2) is 6.54 Å². The third-order valence-corrected chi connectivity index (χ3v) is 3.71. The molecule has 0 saturated heterocycles. The Labute approximate surface area is 121 Å². The number of hydrogen-bond acceptors (Lipinski definition) is 2. The van der Waals surface area contributed by atoms with Crippen LogP contribution in [0.2, 0.25) is 0 Å². The molecule has 0 saturated carbocycles. The Morgan fingerprint density at radius 2 is 2.05 bits per heavy atom. The molecule has 0 bridgehead atoms. The minimum Gasteiger partial charge on any atom is -0.459 e. The number of hydrogen-bond donors (Lipinski definition) is 1. The molecule has 4 heteroatoms. The molecule has 0 fully saturated rings. The van der Waals surface area contributed by atoms with E-state index in [1.165, 1.54) is 12.1 Å². The second-order valence-electron chi connectivity index (χ2n) is 4.34. The number of rotatable bonds is 5. The van der Waals surface area contributed by atoms with Crippen molar-refractivity contribution in [3.8, 4) is 11.3 Å². The zero-order valence-corrected chi connectivity index (χ0v) is 12.6. The minimum atomic E-state index is -0.269. The van der Waals surface area contributed by atoms with Gasteiger partial charge in [0.2, 0.25) is 0 Å². The Hall–Kier alpha value is -1.13. The molecule has 0 spiro atoms. The van der Waals surface area contributed by atoms with Gasteiger partial charge in [-0.1, -0.05) is 29.8 Å². The first-order chi connectivity index (χ1) is 9.15. The second-order valence-corrected chi connectivity index (χ2v) is 5.20. The van der Waals surface area contributed by atoms with Crippen LogP contribution in [0.4, 0.5) is 4.39 Å². The number of furan rings is 1. The van der Waals surface area contributed by atoms with Crippen LogP contribution in [0.15, 0.2) is 39.2 Å². The number of halogens is 2. The molecule has 0 aliphatic rings. The molecule has 1 unspecified atom stereocenters. The Bertz CT molecular complexity index is 553. The zero-order chi connectivity index (χ0) is 13.8. The van der Waals surface area contributed by atoms with Gasteiger partial charge in [-0.2, -0.15) is 0 Å². The summed E-state index contributed by atoms with van der Waals surface area (Å²) in [5.74, 6) is 1.29. The normalized spacial score (nSPS) is 12.6. The van der Waals surface area contributed by atoms with Crippen LogP contribution in [0, 0.1) is 5.82 Å². The van der Waals surface area contributed by atoms with E-state index in [9.17, 15) is 4.39 Å². The minimum absolute atomic E-state index is 0.200. The quantitative estimate of drug-likeness (QED) is 0.845. The average molecular weight is 326 g/mol. The molecule has 0 amide bonds. The van der Waals surface area contributed by atoms with Gasteiger partial charge in [0, 0.05) is 10.0 Å². The molecule has 2 aromatic rings. The maximum Gasteiger partial charge on any atom is 0.135 e. The summed E-state index contributed by atoms with van der Waals surface area (Å²) >= 11 is 3.42. The van der Waals surface area contributed by atoms with Gasteiger partial charge in [-0.05, 0) is 43.3 Å². The molecule has 1 atom stereocenters. The predicted molar refractivity (Wildman–Crippen MR) is 78.5 cm³/mol. The fourth-order valence-electron chi connectivity index (χ4n) is 2.06. The fraction of sp³-hybridized carbons (Fsp3) is 0.333. The van der Waals surface area contributed by atoms with Gasteiger partial charge in [-0.25, -0.2) is 4.39 Å². The summed E-state index contributed by atoms with van der Waals surface area (Å²) in [7, 11) is 0. The van der Waals surface area contributed by atoms with Gasteiger partial charge in [0.1, 0.15) is 17.3 Å². The molecule has 19 heavy (non-hydrogen) atoms. The topological polar surface area (TPSA) is 25.2 Å². The summed E-state index contributed by atoms with van der Waals surface area (Å²) in [6, 6.07) is 8.62. The van der Waals surface area contributed by atoms with E-state index in [1.54, 1.807) is 6.07 Å². The van der Waals surface area contributed by atoms with Gasteiger partial charge < -0.3 is 9.73 Å². The van der Waals surface area contributed by atoms with Crippen LogP contribution in [0.25, 0.3) is 11.3 Å². The van der Waals surface area contributed by atoms with Crippen LogP contribution in [0.3, 0.4) is 0 Å². The van der Waals surface area contributed by atoms with Crippen molar-refractivity contribution in [1.29, 1.82) is 0 Å². The number of benzene rings is 1. The smallest absolute Gasteiger partial charge is 0.135 e. The van der Waals surface area contributed by atoms with Crippen LogP contribution in [0.5, 0.6) is 0 Å². The van der Waals surface area contributed by atoms with E-state index in [0.29, 0.717) is 5.76 Å². The van der Waals surface area contributed by atoms with Crippen molar-refractivity contribution in [3.05, 3.63) is 46.4 Å². The molecule has 0 aliphatic carbocycles. The van der Waals surface area contributed by atoms with E-state index in [2.05, 4.69) is 35.1 Å². The lowest BCUT2D eigenvalue weighted by Gasteiger charge is -2.12. The Morgan fingerprint density at radius 3 is 2.74 bits per heavy atom. The van der Waals surface area contributed by atoms with Crippen LogP contribution in [0.1, 0.15) is 32.1 Å². The van der Waals surface area contributed by atoms with Gasteiger partial charge in [0.15, 0.2) is 0 Å². The van der Waals surface area contributed by atoms with Gasteiger partial charge in [-0.3, -0.25) is 0 Å². The molecule has 1 heterocycles. The molecular weight excluding hydrogens is 309 g/mol. The van der Waals surface area contributed by atoms with Crippen molar-refractivity contribution in [2.24, 2.45) is 0 Å². The third-order valence-electron chi connectivity index (χ3n) is 3.02. The van der Waals surface area contributed by atoms with Crippen molar-refractivity contribution >= 4 is 15.9 Å². The highest BCUT2D eigenvalue weighted by atomic mass is 79.9. The summed E-state index contributed by atoms with van der Waals surface area (Å²) < 4.78 is 20.0. The summed E-state index contributed by atoms with van der Waals surface area (Å²) in [6.45, 7) is 5.06. The van der Waals surface area contributed by atoms with E-state index < -0.39 is 0 Å². The molecule has 1 N–H and O–H groups in total. The molecule has 2 rings (SSSR count). The van der Waals surface area contributed by atoms with Crippen molar-refractivity contribution in [2.45, 2.75) is 26.3 Å². The molecule has 0 aliphatic heterocycles. The lowest BCUT2D eigenvalue weighted by molar-refractivity contribution is 0.417. The maximum atomic E-state index is 13.3. The molecule has 1 aromatic carbocycles. The Morgan fingerprint density at radius 1 is 1.26 bits per heavy atom. The van der Waals surface area contributed by atoms with Gasteiger partial charge in [-0.15, -0.1) is 0 Å². The third kappa shape index (κ3) is 3.25. The van der Waals surface area contributed by atoms with Crippen molar-refractivity contribution in [3.63, 3.8) is 0 Å². The SMILES string of the molecule is CCNC(CC)c1ccc(-c2cc(F)ccc2Br)o1. The van der Waals surface area contributed by atoms with E-state index in [4.69, 9.17) is 4.42 Å². The van der Waals surface area contributed by atoms with Crippen molar-refractivity contribution in [1.82, 2.24) is 5.32 Å².